The van der Waals surface area contributed by atoms with E-state index in [0.717, 1.165) is 64.2 Å². The molecule has 0 amide bonds. The number of unbranched alkanes of at least 4 members (excludes halogenated alkanes) is 8. The normalized spacial score (nSPS) is 15.1. The van der Waals surface area contributed by atoms with Gasteiger partial charge in [-0.15, -0.1) is 0 Å². The highest BCUT2D eigenvalue weighted by Crippen LogP contribution is 2.43. The summed E-state index contributed by atoms with van der Waals surface area (Å²) in [7, 11) is -4.54. The topological polar surface area (TPSA) is 132 Å². The molecule has 0 aromatic carbocycles. The van der Waals surface area contributed by atoms with Crippen LogP contribution in [0.2, 0.25) is 0 Å². The van der Waals surface area contributed by atoms with E-state index in [4.69, 9.17) is 23.6 Å². The number of allylic oxidation sites excluding steroid dienone is 14. The summed E-state index contributed by atoms with van der Waals surface area (Å²) in [6.07, 6.45) is 45.5. The maximum atomic E-state index is 12.5. The fraction of sp³-hybridized carbons (Fsp3) is 0.643. The van der Waals surface area contributed by atoms with Crippen molar-refractivity contribution in [2.45, 2.75) is 142 Å². The van der Waals surface area contributed by atoms with Crippen LogP contribution in [-0.4, -0.2) is 66.3 Å². The average Bonchev–Trinajstić information content (AvgIpc) is 3.13. The Kier molecular flexibility index (Phi) is 36.6. The summed E-state index contributed by atoms with van der Waals surface area (Å²) in [5.74, 6) is -0.471. The Labute approximate surface area is 315 Å². The van der Waals surface area contributed by atoms with Crippen molar-refractivity contribution in [2.24, 2.45) is 0 Å². The van der Waals surface area contributed by atoms with Crippen molar-refractivity contribution in [3.8, 4) is 0 Å². The molecular weight excluding hydrogens is 679 g/mol. The highest BCUT2D eigenvalue weighted by atomic mass is 31.2. The molecule has 0 spiro atoms. The molecule has 10 heteroatoms. The lowest BCUT2D eigenvalue weighted by atomic mass is 10.1. The Morgan fingerprint density at radius 2 is 1.10 bits per heavy atom. The van der Waals surface area contributed by atoms with E-state index in [1.807, 2.05) is 12.2 Å². The molecule has 0 radical (unpaired) electrons. The molecule has 0 saturated carbocycles. The molecule has 52 heavy (non-hydrogen) atoms. The Hall–Kier alpha value is -2.36. The largest absolute Gasteiger partial charge is 0.472 e. The predicted molar refractivity (Wildman–Crippen MR) is 214 cm³/mol. The number of carbonyl (C=O) groups excluding carboxylic acids is 1. The number of carbonyl (C=O) groups is 1. The maximum Gasteiger partial charge on any atom is 0.472 e. The first kappa shape index (κ1) is 49.6. The molecule has 0 aromatic rings. The Bertz CT molecular complexity index is 1080. The molecule has 0 rings (SSSR count). The monoisotopic (exact) mass is 750 g/mol. The zero-order valence-corrected chi connectivity index (χ0v) is 33.1. The third-order valence-electron chi connectivity index (χ3n) is 7.58. The third-order valence-corrected chi connectivity index (χ3v) is 8.53. The predicted octanol–water partition coefficient (Wildman–Crippen LogP) is 10.4. The van der Waals surface area contributed by atoms with Gasteiger partial charge in [-0.1, -0.05) is 137 Å². The minimum atomic E-state index is -4.54. The Morgan fingerprint density at radius 1 is 0.615 bits per heavy atom. The van der Waals surface area contributed by atoms with Gasteiger partial charge in [-0.2, -0.15) is 0 Å². The van der Waals surface area contributed by atoms with Crippen molar-refractivity contribution in [3.05, 3.63) is 85.1 Å². The van der Waals surface area contributed by atoms with Crippen LogP contribution in [0.1, 0.15) is 129 Å². The number of ether oxygens (including phenoxy) is 2. The van der Waals surface area contributed by atoms with Gasteiger partial charge >= 0.3 is 13.8 Å². The van der Waals surface area contributed by atoms with E-state index in [2.05, 4.69) is 86.8 Å². The number of aliphatic hydroxyl groups is 2. The van der Waals surface area contributed by atoms with Crippen LogP contribution in [-0.2, 0) is 27.9 Å². The molecular formula is C42H71O9P. The molecule has 3 N–H and O–H groups in total. The van der Waals surface area contributed by atoms with Gasteiger partial charge in [0.25, 0.3) is 0 Å². The molecule has 9 nitrogen and oxygen atoms in total. The van der Waals surface area contributed by atoms with E-state index in [9.17, 15) is 19.4 Å². The summed E-state index contributed by atoms with van der Waals surface area (Å²) in [6.45, 7) is 3.21. The quantitative estimate of drug-likeness (QED) is 0.0248. The van der Waals surface area contributed by atoms with E-state index in [0.29, 0.717) is 13.0 Å². The molecule has 298 valence electrons. The highest BCUT2D eigenvalue weighted by molar-refractivity contribution is 7.47. The van der Waals surface area contributed by atoms with E-state index in [1.165, 1.54) is 38.5 Å². The van der Waals surface area contributed by atoms with Crippen LogP contribution in [0.5, 0.6) is 0 Å². The van der Waals surface area contributed by atoms with Crippen molar-refractivity contribution in [2.75, 3.05) is 33.0 Å². The Morgan fingerprint density at radius 3 is 1.65 bits per heavy atom. The molecule has 0 heterocycles. The maximum absolute atomic E-state index is 12.5. The van der Waals surface area contributed by atoms with Crippen LogP contribution in [0, 0.1) is 0 Å². The molecule has 3 unspecified atom stereocenters. The van der Waals surface area contributed by atoms with Crippen molar-refractivity contribution >= 4 is 13.8 Å². The Balaban J connectivity index is 4.39. The van der Waals surface area contributed by atoms with E-state index in [-0.39, 0.29) is 13.0 Å². The van der Waals surface area contributed by atoms with Crippen LogP contribution in [0.4, 0.5) is 0 Å². The number of esters is 1. The molecule has 0 fully saturated rings. The third kappa shape index (κ3) is 37.4. The van der Waals surface area contributed by atoms with Crippen LogP contribution in [0.15, 0.2) is 85.1 Å². The van der Waals surface area contributed by atoms with Crippen LogP contribution >= 0.6 is 7.82 Å². The highest BCUT2D eigenvalue weighted by Gasteiger charge is 2.26. The van der Waals surface area contributed by atoms with Gasteiger partial charge in [-0.05, 0) is 70.6 Å². The van der Waals surface area contributed by atoms with Gasteiger partial charge in [-0.3, -0.25) is 13.8 Å². The number of hydrogen-bond donors (Lipinski definition) is 3. The molecule has 3 atom stereocenters. The van der Waals surface area contributed by atoms with Crippen LogP contribution < -0.4 is 0 Å². The van der Waals surface area contributed by atoms with Crippen molar-refractivity contribution in [1.82, 2.24) is 0 Å². The second-order valence-corrected chi connectivity index (χ2v) is 14.0. The van der Waals surface area contributed by atoms with E-state index in [1.54, 1.807) is 0 Å². The first-order valence-corrected chi connectivity index (χ1v) is 21.1. The number of rotatable bonds is 36. The summed E-state index contributed by atoms with van der Waals surface area (Å²) in [6, 6.07) is 0. The fourth-order valence-corrected chi connectivity index (χ4v) is 5.38. The standard InChI is InChI=1S/C42H71O9P/c1-3-5-7-9-11-13-15-17-18-19-20-21-22-23-24-26-28-30-32-34-42(45)51-41(39-50-52(46,47)49-37-40(44)36-43)38-48-35-33-31-29-27-25-16-14-12-10-8-6-4-2/h5,7,10-13,17-18,20-21,23-24,28,30,40-41,43-44H,3-4,6,8-9,14-16,19,22,25-27,29,31-39H2,1-2H3,(H,46,47)/b7-5-,12-10-,13-11-,18-17-,21-20-,24-23-,30-28-. The molecule has 0 aliphatic carbocycles. The van der Waals surface area contributed by atoms with Crippen LogP contribution in [0.25, 0.3) is 0 Å². The van der Waals surface area contributed by atoms with Gasteiger partial charge in [0.15, 0.2) is 0 Å². The van der Waals surface area contributed by atoms with Gasteiger partial charge in [-0.25, -0.2) is 4.57 Å². The van der Waals surface area contributed by atoms with Gasteiger partial charge in [0.2, 0.25) is 0 Å². The molecule has 0 aliphatic rings. The fourth-order valence-electron chi connectivity index (χ4n) is 4.60. The van der Waals surface area contributed by atoms with Crippen LogP contribution in [0.3, 0.4) is 0 Å². The van der Waals surface area contributed by atoms with Crippen molar-refractivity contribution < 1.29 is 43.0 Å². The average molecular weight is 751 g/mol. The molecule has 0 bridgehead atoms. The van der Waals surface area contributed by atoms with E-state index >= 15 is 0 Å². The zero-order chi connectivity index (χ0) is 38.2. The summed E-state index contributed by atoms with van der Waals surface area (Å²) in [5, 5.41) is 18.3. The summed E-state index contributed by atoms with van der Waals surface area (Å²) in [5.41, 5.74) is 0. The van der Waals surface area contributed by atoms with E-state index < -0.39 is 45.8 Å². The summed E-state index contributed by atoms with van der Waals surface area (Å²) in [4.78, 5) is 22.5. The first-order valence-electron chi connectivity index (χ1n) is 19.6. The minimum Gasteiger partial charge on any atom is -0.457 e. The number of aliphatic hydroxyl groups excluding tert-OH is 2. The van der Waals surface area contributed by atoms with Gasteiger partial charge in [0.05, 0.1) is 26.4 Å². The molecule has 0 aromatic heterocycles. The minimum absolute atomic E-state index is 0.00921. The second-order valence-electron chi connectivity index (χ2n) is 12.6. The SMILES string of the molecule is CC/C=C\C/C=C\C/C=C\C/C=C\C/C=C\C/C=C\CCC(=O)OC(COCCCCCCCC/C=C\CCCC)COP(=O)(O)OCC(O)CO. The van der Waals surface area contributed by atoms with Gasteiger partial charge in [0, 0.05) is 13.0 Å². The second kappa shape index (κ2) is 38.4. The number of phosphoric ester groups is 1. The molecule has 0 aliphatic heterocycles. The zero-order valence-electron chi connectivity index (χ0n) is 32.2. The van der Waals surface area contributed by atoms with Crippen molar-refractivity contribution in [3.63, 3.8) is 0 Å². The lowest BCUT2D eigenvalue weighted by Crippen LogP contribution is -2.29. The first-order chi connectivity index (χ1) is 25.3. The summed E-state index contributed by atoms with van der Waals surface area (Å²) < 4.78 is 33.1. The number of phosphoric acid groups is 1. The van der Waals surface area contributed by atoms with Crippen molar-refractivity contribution in [1.29, 1.82) is 0 Å². The lowest BCUT2D eigenvalue weighted by Gasteiger charge is -2.20. The number of hydrogen-bond acceptors (Lipinski definition) is 8. The summed E-state index contributed by atoms with van der Waals surface area (Å²) >= 11 is 0. The van der Waals surface area contributed by atoms with Gasteiger partial charge in [0.1, 0.15) is 12.2 Å². The van der Waals surface area contributed by atoms with Gasteiger partial charge < -0.3 is 24.6 Å². The molecule has 0 saturated heterocycles. The smallest absolute Gasteiger partial charge is 0.457 e. The lowest BCUT2D eigenvalue weighted by molar-refractivity contribution is -0.154.